The lowest BCUT2D eigenvalue weighted by Crippen LogP contribution is -2.15. The van der Waals surface area contributed by atoms with Gasteiger partial charge in [-0.25, -0.2) is 9.97 Å². The molecule has 2 saturated carbocycles. The highest BCUT2D eigenvalue weighted by atomic mass is 15.2. The number of nitrogens with two attached hydrogens (primary N) is 2. The van der Waals surface area contributed by atoms with Crippen LogP contribution in [0.1, 0.15) is 99.1 Å². The number of imidazole rings is 2. The van der Waals surface area contributed by atoms with Gasteiger partial charge in [-0.15, -0.1) is 0 Å². The number of nitrogen functional groups attached to an aromatic ring is 2. The number of hydrogen-bond donors (Lipinski definition) is 2. The minimum absolute atomic E-state index is 0.441. The lowest BCUT2D eigenvalue weighted by molar-refractivity contribution is 0.425. The molecule has 0 aliphatic heterocycles. The number of anilines is 2. The summed E-state index contributed by atoms with van der Waals surface area (Å²) in [5, 5.41) is 0. The predicted octanol–water partition coefficient (Wildman–Crippen LogP) is 5.93. The van der Waals surface area contributed by atoms with Gasteiger partial charge in [0.1, 0.15) is 17.5 Å². The average molecular weight is 433 g/mol. The highest BCUT2D eigenvalue weighted by Crippen LogP contribution is 2.38. The third-order valence-corrected chi connectivity index (χ3v) is 7.45. The monoisotopic (exact) mass is 432 g/mol. The van der Waals surface area contributed by atoms with Crippen molar-refractivity contribution in [1.29, 1.82) is 0 Å². The zero-order chi connectivity index (χ0) is 22.2. The van der Waals surface area contributed by atoms with Crippen molar-refractivity contribution >= 4 is 11.5 Å². The van der Waals surface area contributed by atoms with Gasteiger partial charge in [-0.3, -0.25) is 4.57 Å². The van der Waals surface area contributed by atoms with Crippen LogP contribution in [-0.4, -0.2) is 19.1 Å². The topological polar surface area (TPSA) is 87.7 Å². The van der Waals surface area contributed by atoms with Crippen molar-refractivity contribution in [1.82, 2.24) is 19.1 Å². The van der Waals surface area contributed by atoms with Crippen LogP contribution in [0.3, 0.4) is 0 Å². The average Bonchev–Trinajstić information content (AvgIpc) is 3.35. The first-order valence-electron chi connectivity index (χ1n) is 12.3. The molecule has 6 heteroatoms. The van der Waals surface area contributed by atoms with Crippen LogP contribution in [0.15, 0.2) is 24.4 Å². The molecule has 2 aliphatic carbocycles. The maximum Gasteiger partial charge on any atom is 0.131 e. The third-order valence-electron chi connectivity index (χ3n) is 7.45. The Balaban J connectivity index is 1.60. The summed E-state index contributed by atoms with van der Waals surface area (Å²) in [5.74, 6) is 3.91. The van der Waals surface area contributed by atoms with Gasteiger partial charge in [-0.1, -0.05) is 38.5 Å². The molecule has 2 aromatic heterocycles. The third kappa shape index (κ3) is 3.80. The molecule has 0 amide bonds. The fourth-order valence-corrected chi connectivity index (χ4v) is 5.70. The minimum Gasteiger partial charge on any atom is -0.397 e. The Kier molecular flexibility index (Phi) is 5.70. The Morgan fingerprint density at radius 3 is 2.09 bits per heavy atom. The van der Waals surface area contributed by atoms with Crippen LogP contribution in [-0.2, 0) is 0 Å². The fourth-order valence-electron chi connectivity index (χ4n) is 5.70. The van der Waals surface area contributed by atoms with Crippen molar-refractivity contribution in [2.45, 2.75) is 89.9 Å². The molecule has 0 saturated heterocycles. The Morgan fingerprint density at radius 2 is 1.44 bits per heavy atom. The van der Waals surface area contributed by atoms with Crippen molar-refractivity contribution in [2.75, 3.05) is 11.5 Å². The Bertz CT molecular complexity index is 1100. The Morgan fingerprint density at radius 1 is 0.812 bits per heavy atom. The summed E-state index contributed by atoms with van der Waals surface area (Å²) in [4.78, 5) is 9.85. The number of benzene rings is 1. The lowest BCUT2D eigenvalue weighted by Gasteiger charge is -2.24. The van der Waals surface area contributed by atoms with Gasteiger partial charge < -0.3 is 16.0 Å². The van der Waals surface area contributed by atoms with E-state index in [4.69, 9.17) is 21.4 Å². The second-order valence-electron chi connectivity index (χ2n) is 9.80. The highest BCUT2D eigenvalue weighted by molar-refractivity contribution is 5.66. The van der Waals surface area contributed by atoms with Gasteiger partial charge in [0.2, 0.25) is 0 Å². The molecular weight excluding hydrogens is 396 g/mol. The first-order valence-corrected chi connectivity index (χ1v) is 12.3. The summed E-state index contributed by atoms with van der Waals surface area (Å²) in [5.41, 5.74) is 17.8. The maximum absolute atomic E-state index is 6.58. The van der Waals surface area contributed by atoms with Crippen molar-refractivity contribution in [3.05, 3.63) is 47.4 Å². The van der Waals surface area contributed by atoms with Gasteiger partial charge in [0, 0.05) is 23.7 Å². The number of aryl methyl sites for hydroxylation is 2. The van der Waals surface area contributed by atoms with E-state index in [1.807, 2.05) is 13.0 Å². The van der Waals surface area contributed by atoms with Crippen molar-refractivity contribution in [3.8, 4) is 11.4 Å². The van der Waals surface area contributed by atoms with Crippen molar-refractivity contribution in [3.63, 3.8) is 0 Å². The zero-order valence-electron chi connectivity index (χ0n) is 19.5. The van der Waals surface area contributed by atoms with Gasteiger partial charge in [-0.2, -0.15) is 0 Å². The molecule has 170 valence electrons. The molecule has 6 nitrogen and oxygen atoms in total. The van der Waals surface area contributed by atoms with Crippen LogP contribution in [0.4, 0.5) is 11.5 Å². The van der Waals surface area contributed by atoms with Gasteiger partial charge in [0.15, 0.2) is 0 Å². The van der Waals surface area contributed by atoms with Gasteiger partial charge in [-0.05, 0) is 57.7 Å². The Hall–Kier alpha value is -2.76. The molecule has 0 spiro atoms. The molecule has 0 unspecified atom stereocenters. The number of aromatic nitrogens is 4. The van der Waals surface area contributed by atoms with E-state index < -0.39 is 0 Å². The maximum atomic E-state index is 6.58. The molecule has 1 aromatic carbocycles. The number of rotatable bonds is 4. The molecule has 32 heavy (non-hydrogen) atoms. The summed E-state index contributed by atoms with van der Waals surface area (Å²) in [6.07, 6.45) is 14.7. The molecule has 2 heterocycles. The normalized spacial score (nSPS) is 18.3. The fraction of sp³-hybridized carbons (Fsp3) is 0.538. The molecule has 2 fully saturated rings. The SMILES string of the molecule is Cc1cn(-c2ccc(N)c(-n3c(C4CCCCC4)nc(C)c3N)c2)c(C2CCCCC2)n1. The van der Waals surface area contributed by atoms with E-state index in [-0.39, 0.29) is 0 Å². The van der Waals surface area contributed by atoms with Crippen LogP contribution in [0.25, 0.3) is 11.4 Å². The summed E-state index contributed by atoms with van der Waals surface area (Å²) >= 11 is 0. The second-order valence-corrected chi connectivity index (χ2v) is 9.80. The molecule has 4 N–H and O–H groups in total. The smallest absolute Gasteiger partial charge is 0.131 e. The number of nitrogens with zero attached hydrogens (tertiary/aromatic N) is 4. The van der Waals surface area contributed by atoms with Crippen LogP contribution in [0.2, 0.25) is 0 Å². The molecule has 3 aromatic rings. The zero-order valence-corrected chi connectivity index (χ0v) is 19.5. The molecule has 0 bridgehead atoms. The van der Waals surface area contributed by atoms with E-state index in [1.165, 1.54) is 70.0 Å². The molecule has 0 atom stereocenters. The van der Waals surface area contributed by atoms with Crippen molar-refractivity contribution in [2.24, 2.45) is 0 Å². The Labute approximate surface area is 191 Å². The van der Waals surface area contributed by atoms with E-state index in [9.17, 15) is 0 Å². The summed E-state index contributed by atoms with van der Waals surface area (Å²) in [6, 6.07) is 6.28. The minimum atomic E-state index is 0.441. The van der Waals surface area contributed by atoms with Crippen LogP contribution in [0.5, 0.6) is 0 Å². The molecule has 2 aliphatic rings. The predicted molar refractivity (Wildman–Crippen MR) is 131 cm³/mol. The molecular formula is C26H36N6. The van der Waals surface area contributed by atoms with Crippen molar-refractivity contribution < 1.29 is 0 Å². The van der Waals surface area contributed by atoms with Gasteiger partial charge >= 0.3 is 0 Å². The standard InChI is InChI=1S/C26H36N6/c1-17-16-31(25(29-17)19-9-5-3-6-10-19)21-13-14-22(27)23(15-21)32-24(28)18(2)30-26(32)20-11-7-4-8-12-20/h13-16,19-20H,3-12,27-28H2,1-2H3. The quantitative estimate of drug-likeness (QED) is 0.500. The molecule has 5 rings (SSSR count). The molecule has 0 radical (unpaired) electrons. The summed E-state index contributed by atoms with van der Waals surface area (Å²) < 4.78 is 4.39. The van der Waals surface area contributed by atoms with Gasteiger partial charge in [0.05, 0.1) is 22.8 Å². The van der Waals surface area contributed by atoms with E-state index in [1.54, 1.807) is 0 Å². The van der Waals surface area contributed by atoms with Gasteiger partial charge in [0.25, 0.3) is 0 Å². The van der Waals surface area contributed by atoms with Crippen LogP contribution >= 0.6 is 0 Å². The van der Waals surface area contributed by atoms with Crippen LogP contribution < -0.4 is 11.5 Å². The second kappa shape index (κ2) is 8.64. The summed E-state index contributed by atoms with van der Waals surface area (Å²) in [7, 11) is 0. The van der Waals surface area contributed by atoms with Crippen LogP contribution in [0, 0.1) is 13.8 Å². The first-order chi connectivity index (χ1) is 15.5. The first kappa shape index (κ1) is 21.1. The number of hydrogen-bond acceptors (Lipinski definition) is 4. The van der Waals surface area contributed by atoms with E-state index in [0.717, 1.165) is 34.3 Å². The van der Waals surface area contributed by atoms with E-state index >= 15 is 0 Å². The van der Waals surface area contributed by atoms with E-state index in [2.05, 4.69) is 34.4 Å². The lowest BCUT2D eigenvalue weighted by atomic mass is 9.88. The highest BCUT2D eigenvalue weighted by Gasteiger charge is 2.26. The largest absolute Gasteiger partial charge is 0.397 e. The summed E-state index contributed by atoms with van der Waals surface area (Å²) in [6.45, 7) is 4.08. The van der Waals surface area contributed by atoms with E-state index in [0.29, 0.717) is 17.7 Å².